The minimum absolute atomic E-state index is 0.154. The minimum Gasteiger partial charge on any atom is -0.463 e. The molecule has 1 fully saturated rings. The summed E-state index contributed by atoms with van der Waals surface area (Å²) in [5, 5.41) is 0. The van der Waals surface area contributed by atoms with Gasteiger partial charge in [-0.2, -0.15) is 0 Å². The van der Waals surface area contributed by atoms with Crippen LogP contribution >= 0.6 is 0 Å². The van der Waals surface area contributed by atoms with Crippen molar-refractivity contribution < 1.29 is 9.53 Å². The number of rotatable bonds is 4. The maximum Gasteiger partial charge on any atom is 0.335 e. The smallest absolute Gasteiger partial charge is 0.335 e. The van der Waals surface area contributed by atoms with Gasteiger partial charge in [0.1, 0.15) is 0 Å². The van der Waals surface area contributed by atoms with E-state index in [0.717, 1.165) is 18.4 Å². The van der Waals surface area contributed by atoms with Crippen LogP contribution in [0.15, 0.2) is 11.8 Å². The summed E-state index contributed by atoms with van der Waals surface area (Å²) in [7, 11) is 3.84. The van der Waals surface area contributed by atoms with Gasteiger partial charge < -0.3 is 9.64 Å². The van der Waals surface area contributed by atoms with Crippen LogP contribution in [0.25, 0.3) is 0 Å². The molecule has 1 rings (SSSR count). The molecule has 3 nitrogen and oxygen atoms in total. The number of esters is 1. The van der Waals surface area contributed by atoms with Gasteiger partial charge in [0.2, 0.25) is 0 Å². The highest BCUT2D eigenvalue weighted by Gasteiger charge is 2.31. The molecule has 13 heavy (non-hydrogen) atoms. The first-order chi connectivity index (χ1) is 6.15. The average Bonchev–Trinajstić information content (AvgIpc) is 2.82. The molecule has 1 saturated carbocycles. The molecule has 0 saturated heterocycles. The van der Waals surface area contributed by atoms with Crippen molar-refractivity contribution in [3.8, 4) is 0 Å². The second kappa shape index (κ2) is 4.30. The summed E-state index contributed by atoms with van der Waals surface area (Å²) in [6, 6.07) is 0. The summed E-state index contributed by atoms with van der Waals surface area (Å²) in [5.74, 6) is 0.292. The Bertz CT molecular complexity index is 217. The summed E-state index contributed by atoms with van der Waals surface area (Å²) in [6.45, 7) is 2.29. The Morgan fingerprint density at radius 2 is 2.15 bits per heavy atom. The highest BCUT2D eigenvalue weighted by molar-refractivity contribution is 5.89. The normalized spacial score (nSPS) is 17.0. The Balaban J connectivity index is 2.61. The fourth-order valence-electron chi connectivity index (χ4n) is 1.21. The predicted octanol–water partition coefficient (Wildman–Crippen LogP) is 1.41. The number of ether oxygens (including phenoxy) is 1. The molecule has 0 radical (unpaired) electrons. The van der Waals surface area contributed by atoms with Crippen LogP contribution in [0.1, 0.15) is 19.8 Å². The Kier molecular flexibility index (Phi) is 3.34. The van der Waals surface area contributed by atoms with E-state index in [1.807, 2.05) is 32.1 Å². The number of carbonyl (C=O) groups is 1. The van der Waals surface area contributed by atoms with Gasteiger partial charge in [-0.15, -0.1) is 0 Å². The number of carbonyl (C=O) groups excluding carboxylic acids is 1. The molecule has 0 amide bonds. The summed E-state index contributed by atoms with van der Waals surface area (Å²) in [4.78, 5) is 13.3. The number of nitrogens with zero attached hydrogens (tertiary/aromatic N) is 1. The highest BCUT2D eigenvalue weighted by atomic mass is 16.5. The number of hydrogen-bond donors (Lipinski definition) is 0. The van der Waals surface area contributed by atoms with Crippen LogP contribution in [-0.2, 0) is 9.53 Å². The lowest BCUT2D eigenvalue weighted by molar-refractivity contribution is -0.138. The van der Waals surface area contributed by atoms with E-state index in [2.05, 4.69) is 0 Å². The molecule has 0 spiro atoms. The van der Waals surface area contributed by atoms with Crippen LogP contribution in [0.5, 0.6) is 0 Å². The van der Waals surface area contributed by atoms with Gasteiger partial charge in [0, 0.05) is 20.3 Å². The van der Waals surface area contributed by atoms with E-state index < -0.39 is 0 Å². The maximum absolute atomic E-state index is 11.4. The molecule has 0 heterocycles. The molecule has 0 aromatic rings. The van der Waals surface area contributed by atoms with Gasteiger partial charge in [-0.05, 0) is 25.7 Å². The minimum atomic E-state index is -0.154. The van der Waals surface area contributed by atoms with Crippen molar-refractivity contribution in [2.75, 3.05) is 20.7 Å². The average molecular weight is 183 g/mol. The largest absolute Gasteiger partial charge is 0.463 e. The lowest BCUT2D eigenvalue weighted by Gasteiger charge is -2.10. The molecule has 1 aliphatic carbocycles. The van der Waals surface area contributed by atoms with Gasteiger partial charge in [0.05, 0.1) is 12.2 Å². The van der Waals surface area contributed by atoms with Gasteiger partial charge in [0.25, 0.3) is 0 Å². The Morgan fingerprint density at radius 3 is 2.54 bits per heavy atom. The van der Waals surface area contributed by atoms with E-state index in [0.29, 0.717) is 12.5 Å². The van der Waals surface area contributed by atoms with Crippen molar-refractivity contribution in [3.63, 3.8) is 0 Å². The standard InChI is InChI=1S/C10H17NO2/c1-4-13-10(12)9(7-11(2)3)8-5-6-8/h7-8H,4-6H2,1-3H3/b9-7-. The van der Waals surface area contributed by atoms with Crippen LogP contribution in [0, 0.1) is 5.92 Å². The summed E-state index contributed by atoms with van der Waals surface area (Å²) in [6.07, 6.45) is 4.12. The van der Waals surface area contributed by atoms with Gasteiger partial charge >= 0.3 is 5.97 Å². The van der Waals surface area contributed by atoms with Crippen LogP contribution in [0.3, 0.4) is 0 Å². The summed E-state index contributed by atoms with van der Waals surface area (Å²) in [5.41, 5.74) is 0.826. The van der Waals surface area contributed by atoms with Crippen LogP contribution in [-0.4, -0.2) is 31.6 Å². The quantitative estimate of drug-likeness (QED) is 0.487. The van der Waals surface area contributed by atoms with Crippen LogP contribution in [0.2, 0.25) is 0 Å². The second-order valence-electron chi connectivity index (χ2n) is 3.54. The van der Waals surface area contributed by atoms with E-state index in [4.69, 9.17) is 4.74 Å². The van der Waals surface area contributed by atoms with Crippen molar-refractivity contribution in [2.45, 2.75) is 19.8 Å². The zero-order valence-corrected chi connectivity index (χ0v) is 8.54. The van der Waals surface area contributed by atoms with Crippen LogP contribution in [0.4, 0.5) is 0 Å². The monoisotopic (exact) mass is 183 g/mol. The lowest BCUT2D eigenvalue weighted by Crippen LogP contribution is -2.13. The molecule has 0 aliphatic heterocycles. The third-order valence-electron chi connectivity index (χ3n) is 1.93. The lowest BCUT2D eigenvalue weighted by atomic mass is 10.2. The molecular weight excluding hydrogens is 166 g/mol. The van der Waals surface area contributed by atoms with Gasteiger partial charge in [-0.1, -0.05) is 0 Å². The second-order valence-corrected chi connectivity index (χ2v) is 3.54. The zero-order valence-electron chi connectivity index (χ0n) is 8.54. The van der Waals surface area contributed by atoms with Gasteiger partial charge in [-0.3, -0.25) is 0 Å². The molecule has 74 valence electrons. The molecule has 1 aliphatic rings. The molecule has 0 N–H and O–H groups in total. The van der Waals surface area contributed by atoms with Gasteiger partial charge in [-0.25, -0.2) is 4.79 Å². The molecular formula is C10H17NO2. The fraction of sp³-hybridized carbons (Fsp3) is 0.700. The van der Waals surface area contributed by atoms with E-state index in [-0.39, 0.29) is 5.97 Å². The first kappa shape index (κ1) is 10.1. The van der Waals surface area contributed by atoms with Crippen molar-refractivity contribution in [3.05, 3.63) is 11.8 Å². The van der Waals surface area contributed by atoms with Crippen molar-refractivity contribution in [2.24, 2.45) is 5.92 Å². The van der Waals surface area contributed by atoms with E-state index >= 15 is 0 Å². The SMILES string of the molecule is CCOC(=O)/C(=C\N(C)C)C1CC1. The molecule has 0 unspecified atom stereocenters. The Labute approximate surface area is 79.4 Å². The highest BCUT2D eigenvalue weighted by Crippen LogP contribution is 2.37. The topological polar surface area (TPSA) is 29.5 Å². The van der Waals surface area contributed by atoms with Crippen molar-refractivity contribution in [1.82, 2.24) is 4.90 Å². The zero-order chi connectivity index (χ0) is 9.84. The fourth-order valence-corrected chi connectivity index (χ4v) is 1.21. The Hall–Kier alpha value is -0.990. The number of hydrogen-bond acceptors (Lipinski definition) is 3. The first-order valence-corrected chi connectivity index (χ1v) is 4.70. The predicted molar refractivity (Wildman–Crippen MR) is 51.1 cm³/mol. The van der Waals surface area contributed by atoms with E-state index in [1.54, 1.807) is 0 Å². The molecule has 0 atom stereocenters. The molecule has 0 aromatic heterocycles. The maximum atomic E-state index is 11.4. The van der Waals surface area contributed by atoms with Crippen LogP contribution < -0.4 is 0 Å². The van der Waals surface area contributed by atoms with Gasteiger partial charge in [0.15, 0.2) is 0 Å². The first-order valence-electron chi connectivity index (χ1n) is 4.70. The van der Waals surface area contributed by atoms with Crippen molar-refractivity contribution in [1.29, 1.82) is 0 Å². The van der Waals surface area contributed by atoms with Crippen molar-refractivity contribution >= 4 is 5.97 Å². The molecule has 0 aromatic carbocycles. The Morgan fingerprint density at radius 1 is 1.54 bits per heavy atom. The van der Waals surface area contributed by atoms with E-state index in [9.17, 15) is 4.79 Å². The third kappa shape index (κ3) is 3.09. The summed E-state index contributed by atoms with van der Waals surface area (Å²) >= 11 is 0. The summed E-state index contributed by atoms with van der Waals surface area (Å²) < 4.78 is 4.97. The molecule has 3 heteroatoms. The third-order valence-corrected chi connectivity index (χ3v) is 1.93. The molecule has 0 bridgehead atoms. The van der Waals surface area contributed by atoms with E-state index in [1.165, 1.54) is 0 Å².